The smallest absolute Gasteiger partial charge is 0.354 e. The fourth-order valence-electron chi connectivity index (χ4n) is 4.09. The van der Waals surface area contributed by atoms with Crippen LogP contribution in [0.5, 0.6) is 5.75 Å². The fourth-order valence-corrected chi connectivity index (χ4v) is 4.21. The number of benzene rings is 2. The van der Waals surface area contributed by atoms with Crippen LogP contribution in [-0.4, -0.2) is 32.5 Å². The molecule has 1 aliphatic carbocycles. The first-order valence-electron chi connectivity index (χ1n) is 10.1. The number of nitrogens with two attached hydrogens (primary N) is 1. The molecule has 0 saturated heterocycles. The summed E-state index contributed by atoms with van der Waals surface area (Å²) in [4.78, 5) is 11.9. The van der Waals surface area contributed by atoms with Crippen molar-refractivity contribution in [1.82, 2.24) is 9.78 Å². The lowest BCUT2D eigenvalue weighted by Crippen LogP contribution is -2.14. The van der Waals surface area contributed by atoms with E-state index in [1.807, 2.05) is 30.3 Å². The maximum absolute atomic E-state index is 11.9. The molecule has 0 amide bonds. The summed E-state index contributed by atoms with van der Waals surface area (Å²) in [5.41, 5.74) is 11.2. The minimum Gasteiger partial charge on any atom is -0.508 e. The Labute approximate surface area is 179 Å². The van der Waals surface area contributed by atoms with Gasteiger partial charge in [0.2, 0.25) is 0 Å². The van der Waals surface area contributed by atoms with Crippen molar-refractivity contribution >= 4 is 17.6 Å². The molecule has 0 saturated carbocycles. The highest BCUT2D eigenvalue weighted by molar-refractivity contribution is 6.30. The largest absolute Gasteiger partial charge is 0.508 e. The Hall–Kier alpha value is -2.83. The Morgan fingerprint density at radius 3 is 2.63 bits per heavy atom. The predicted octanol–water partition coefficient (Wildman–Crippen LogP) is 3.84. The second kappa shape index (κ2) is 8.50. The van der Waals surface area contributed by atoms with Crippen LogP contribution in [0.1, 0.15) is 39.2 Å². The van der Waals surface area contributed by atoms with Crippen molar-refractivity contribution in [3.05, 3.63) is 69.4 Å². The number of phenols is 1. The first kappa shape index (κ1) is 20.4. The number of halogens is 1. The summed E-state index contributed by atoms with van der Waals surface area (Å²) in [6, 6.07) is 11.4. The zero-order chi connectivity index (χ0) is 21.3. The number of hydrogen-bond acceptors (Lipinski definition) is 4. The van der Waals surface area contributed by atoms with Crippen molar-refractivity contribution in [3.8, 4) is 17.0 Å². The van der Waals surface area contributed by atoms with E-state index in [0.717, 1.165) is 34.2 Å². The lowest BCUT2D eigenvalue weighted by atomic mass is 9.86. The number of carboxylic acid groups (broad SMARTS) is 1. The number of aromatic hydroxyl groups is 1. The summed E-state index contributed by atoms with van der Waals surface area (Å²) in [5.74, 6) is -0.696. The van der Waals surface area contributed by atoms with E-state index in [1.165, 1.54) is 0 Å². The third kappa shape index (κ3) is 3.93. The van der Waals surface area contributed by atoms with Gasteiger partial charge in [0, 0.05) is 22.7 Å². The quantitative estimate of drug-likeness (QED) is 0.533. The molecule has 1 aromatic heterocycles. The molecular formula is C23H24ClN3O3. The lowest BCUT2D eigenvalue weighted by molar-refractivity contribution is 0.0681. The summed E-state index contributed by atoms with van der Waals surface area (Å²) >= 11 is 5.95. The van der Waals surface area contributed by atoms with Gasteiger partial charge in [0.05, 0.1) is 5.69 Å². The van der Waals surface area contributed by atoms with Gasteiger partial charge in [-0.1, -0.05) is 23.7 Å². The third-order valence-electron chi connectivity index (χ3n) is 5.63. The number of aromatic nitrogens is 2. The van der Waals surface area contributed by atoms with Gasteiger partial charge in [-0.25, -0.2) is 4.79 Å². The van der Waals surface area contributed by atoms with Crippen LogP contribution >= 0.6 is 11.6 Å². The second-order valence-corrected chi connectivity index (χ2v) is 8.05. The molecule has 0 unspecified atom stereocenters. The summed E-state index contributed by atoms with van der Waals surface area (Å²) < 4.78 is 1.56. The monoisotopic (exact) mass is 425 g/mol. The van der Waals surface area contributed by atoms with Crippen LogP contribution in [0.2, 0.25) is 5.02 Å². The first-order chi connectivity index (χ1) is 14.5. The topological polar surface area (TPSA) is 101 Å². The van der Waals surface area contributed by atoms with Gasteiger partial charge in [0.25, 0.3) is 0 Å². The van der Waals surface area contributed by atoms with Crippen LogP contribution < -0.4 is 5.73 Å². The van der Waals surface area contributed by atoms with Gasteiger partial charge < -0.3 is 15.9 Å². The van der Waals surface area contributed by atoms with Crippen LogP contribution in [0, 0.1) is 0 Å². The molecule has 1 heterocycles. The predicted molar refractivity (Wildman–Crippen MR) is 116 cm³/mol. The average molecular weight is 426 g/mol. The first-order valence-corrected chi connectivity index (χ1v) is 10.5. The van der Waals surface area contributed by atoms with Gasteiger partial charge in [0.15, 0.2) is 0 Å². The number of aromatic carboxylic acids is 1. The number of nitrogens with zero attached hydrogens (tertiary/aromatic N) is 2. The molecule has 4 N–H and O–H groups in total. The number of rotatable bonds is 7. The van der Waals surface area contributed by atoms with Gasteiger partial charge in [-0.3, -0.25) is 4.68 Å². The second-order valence-electron chi connectivity index (χ2n) is 7.61. The Kier molecular flexibility index (Phi) is 5.79. The van der Waals surface area contributed by atoms with Gasteiger partial charge in [-0.15, -0.1) is 0 Å². The molecule has 0 fully saturated rings. The standard InChI is InChI=1S/C23H24ClN3O3/c24-17-7-3-14(4-8-17)2-5-16-12-19-15(13-20(16)28)6-9-18-21(19)26-27(11-1-10-25)22(18)23(29)30/h3-4,7-8,12-13,28H,1-2,5-6,9-11,25H2,(H,29,30). The molecule has 1 aliphatic rings. The van der Waals surface area contributed by atoms with E-state index in [9.17, 15) is 15.0 Å². The van der Waals surface area contributed by atoms with Gasteiger partial charge in [-0.2, -0.15) is 5.10 Å². The fraction of sp³-hybridized carbons (Fsp3) is 0.304. The number of fused-ring (bicyclic) bond motifs is 3. The minimum atomic E-state index is -0.967. The number of aryl methyl sites for hydroxylation is 4. The molecule has 156 valence electrons. The molecule has 0 bridgehead atoms. The van der Waals surface area contributed by atoms with E-state index in [0.29, 0.717) is 49.5 Å². The summed E-state index contributed by atoms with van der Waals surface area (Å²) in [5, 5.41) is 25.6. The lowest BCUT2D eigenvalue weighted by Gasteiger charge is -2.18. The van der Waals surface area contributed by atoms with E-state index in [1.54, 1.807) is 10.7 Å². The summed E-state index contributed by atoms with van der Waals surface area (Å²) in [6.07, 6.45) is 3.36. The van der Waals surface area contributed by atoms with Crippen molar-refractivity contribution in [2.24, 2.45) is 5.73 Å². The maximum atomic E-state index is 11.9. The molecule has 7 heteroatoms. The normalized spacial score (nSPS) is 12.5. The van der Waals surface area contributed by atoms with E-state index < -0.39 is 5.97 Å². The van der Waals surface area contributed by atoms with Crippen molar-refractivity contribution in [1.29, 1.82) is 0 Å². The molecule has 2 aromatic carbocycles. The highest BCUT2D eigenvalue weighted by atomic mass is 35.5. The van der Waals surface area contributed by atoms with Gasteiger partial charge in [-0.05, 0) is 79.6 Å². The molecule has 4 rings (SSSR count). The van der Waals surface area contributed by atoms with Crippen molar-refractivity contribution < 1.29 is 15.0 Å². The Morgan fingerprint density at radius 1 is 1.17 bits per heavy atom. The molecule has 0 atom stereocenters. The minimum absolute atomic E-state index is 0.250. The van der Waals surface area contributed by atoms with Crippen molar-refractivity contribution in [3.63, 3.8) is 0 Å². The average Bonchev–Trinajstić information content (AvgIpc) is 3.11. The third-order valence-corrected chi connectivity index (χ3v) is 5.88. The van der Waals surface area contributed by atoms with E-state index in [4.69, 9.17) is 17.3 Å². The van der Waals surface area contributed by atoms with Gasteiger partial charge in [0.1, 0.15) is 11.4 Å². The highest BCUT2D eigenvalue weighted by Crippen LogP contribution is 2.38. The van der Waals surface area contributed by atoms with Crippen LogP contribution in [0.15, 0.2) is 36.4 Å². The highest BCUT2D eigenvalue weighted by Gasteiger charge is 2.28. The molecule has 30 heavy (non-hydrogen) atoms. The van der Waals surface area contributed by atoms with Crippen LogP contribution in [0.25, 0.3) is 11.3 Å². The van der Waals surface area contributed by atoms with E-state index >= 15 is 0 Å². The van der Waals surface area contributed by atoms with Crippen molar-refractivity contribution in [2.45, 2.75) is 38.6 Å². The summed E-state index contributed by atoms with van der Waals surface area (Å²) in [7, 11) is 0. The zero-order valence-corrected chi connectivity index (χ0v) is 17.3. The van der Waals surface area contributed by atoms with Crippen LogP contribution in [-0.2, 0) is 32.2 Å². The molecule has 3 aromatic rings. The number of carboxylic acids is 1. The summed E-state index contributed by atoms with van der Waals surface area (Å²) in [6.45, 7) is 0.949. The Bertz CT molecular complexity index is 1090. The number of carbonyl (C=O) groups is 1. The van der Waals surface area contributed by atoms with E-state index in [-0.39, 0.29) is 11.4 Å². The van der Waals surface area contributed by atoms with Crippen molar-refractivity contribution in [2.75, 3.05) is 6.54 Å². The molecule has 0 aliphatic heterocycles. The number of hydrogen-bond donors (Lipinski definition) is 3. The van der Waals surface area contributed by atoms with Gasteiger partial charge >= 0.3 is 5.97 Å². The molecular weight excluding hydrogens is 402 g/mol. The molecule has 6 nitrogen and oxygen atoms in total. The number of phenolic OH excluding ortho intramolecular Hbond substituents is 1. The zero-order valence-electron chi connectivity index (χ0n) is 16.6. The van der Waals surface area contributed by atoms with Crippen LogP contribution in [0.4, 0.5) is 0 Å². The van der Waals surface area contributed by atoms with E-state index in [2.05, 4.69) is 5.10 Å². The van der Waals surface area contributed by atoms with Crippen LogP contribution in [0.3, 0.4) is 0 Å². The molecule has 0 radical (unpaired) electrons. The SMILES string of the molecule is NCCCn1nc2c(c1C(=O)O)CCc1cc(O)c(CCc3ccc(Cl)cc3)cc1-2. The molecule has 0 spiro atoms. The Balaban J connectivity index is 1.69. The Morgan fingerprint density at radius 2 is 1.93 bits per heavy atom. The maximum Gasteiger partial charge on any atom is 0.354 e.